The van der Waals surface area contributed by atoms with Gasteiger partial charge in [0.05, 0.1) is 23.5 Å². The van der Waals surface area contributed by atoms with E-state index in [2.05, 4.69) is 22.2 Å². The van der Waals surface area contributed by atoms with Gasteiger partial charge < -0.3 is 16.0 Å². The van der Waals surface area contributed by atoms with Crippen LogP contribution in [0.2, 0.25) is 0 Å². The summed E-state index contributed by atoms with van der Waals surface area (Å²) >= 11 is 0. The average Bonchev–Trinajstić information content (AvgIpc) is 2.68. The molecule has 3 rings (SSSR count). The van der Waals surface area contributed by atoms with Gasteiger partial charge in [0, 0.05) is 24.6 Å². The van der Waals surface area contributed by atoms with Gasteiger partial charge in [-0.3, -0.25) is 24.4 Å². The van der Waals surface area contributed by atoms with Crippen LogP contribution >= 0.6 is 0 Å². The summed E-state index contributed by atoms with van der Waals surface area (Å²) < 4.78 is 0. The van der Waals surface area contributed by atoms with Crippen LogP contribution in [0.4, 0.5) is 5.69 Å². The number of nitrogens with one attached hydrogen (secondary N) is 1. The van der Waals surface area contributed by atoms with Gasteiger partial charge in [0.25, 0.3) is 0 Å². The number of nitrogens with two attached hydrogens (primary N) is 1. The zero-order valence-electron chi connectivity index (χ0n) is 15.9. The molecule has 3 N–H and O–H groups in total. The van der Waals surface area contributed by atoms with Crippen LogP contribution in [-0.2, 0) is 9.59 Å². The van der Waals surface area contributed by atoms with Crippen molar-refractivity contribution >= 4 is 23.4 Å². The molecule has 1 saturated heterocycles. The number of nitrogens with zero attached hydrogens (tertiary/aromatic N) is 3. The quantitative estimate of drug-likeness (QED) is 0.786. The lowest BCUT2D eigenvalue weighted by Crippen LogP contribution is -2.46. The highest BCUT2D eigenvalue weighted by atomic mass is 16.2. The maximum Gasteiger partial charge on any atom is 0.313 e. The van der Waals surface area contributed by atoms with Crippen molar-refractivity contribution in [3.8, 4) is 0 Å². The fourth-order valence-corrected chi connectivity index (χ4v) is 3.36. The SMILES string of the molecule is Cc1ccc(C2CC[C@H](C)CN2C(=O)C(=O)Nc2cncc(C(N)=O)c2)cn1. The number of aromatic nitrogens is 2. The van der Waals surface area contributed by atoms with Gasteiger partial charge >= 0.3 is 11.8 Å². The molecular weight excluding hydrogens is 358 g/mol. The molecule has 1 aliphatic heterocycles. The van der Waals surface area contributed by atoms with E-state index in [0.29, 0.717) is 12.5 Å². The third kappa shape index (κ3) is 4.33. The molecule has 0 radical (unpaired) electrons. The van der Waals surface area contributed by atoms with E-state index < -0.39 is 17.7 Å². The lowest BCUT2D eigenvalue weighted by molar-refractivity contribution is -0.146. The summed E-state index contributed by atoms with van der Waals surface area (Å²) in [6.45, 7) is 4.45. The smallest absolute Gasteiger partial charge is 0.313 e. The third-order valence-electron chi connectivity index (χ3n) is 4.87. The predicted molar refractivity (Wildman–Crippen MR) is 103 cm³/mol. The van der Waals surface area contributed by atoms with Gasteiger partial charge in [0.15, 0.2) is 0 Å². The number of rotatable bonds is 3. The summed E-state index contributed by atoms with van der Waals surface area (Å²) in [5, 5.41) is 2.51. The zero-order valence-corrected chi connectivity index (χ0v) is 15.9. The first-order chi connectivity index (χ1) is 13.3. The first-order valence-corrected chi connectivity index (χ1v) is 9.14. The number of hydrogen-bond donors (Lipinski definition) is 2. The monoisotopic (exact) mass is 381 g/mol. The number of anilines is 1. The second-order valence-electron chi connectivity index (χ2n) is 7.17. The maximum atomic E-state index is 12.9. The number of likely N-dealkylation sites (tertiary alicyclic amines) is 1. The standard InChI is InChI=1S/C20H23N5O3/c1-12-3-6-17(14-5-4-13(2)23-9-14)25(11-12)20(28)19(27)24-16-7-15(18(21)26)8-22-10-16/h4-5,7-10,12,17H,3,6,11H2,1-2H3,(H2,21,26)(H,24,27)/t12-,17?/m0/s1. The van der Waals surface area contributed by atoms with Crippen molar-refractivity contribution in [1.82, 2.24) is 14.9 Å². The largest absolute Gasteiger partial charge is 0.366 e. The third-order valence-corrected chi connectivity index (χ3v) is 4.87. The van der Waals surface area contributed by atoms with E-state index in [1.165, 1.54) is 18.5 Å². The van der Waals surface area contributed by atoms with Gasteiger partial charge in [-0.2, -0.15) is 0 Å². The number of pyridine rings is 2. The van der Waals surface area contributed by atoms with Gasteiger partial charge in [-0.1, -0.05) is 13.0 Å². The number of carbonyl (C=O) groups is 3. The Morgan fingerprint density at radius 3 is 2.64 bits per heavy atom. The van der Waals surface area contributed by atoms with Crippen LogP contribution in [0.5, 0.6) is 0 Å². The normalized spacial score (nSPS) is 19.1. The molecule has 0 bridgehead atoms. The summed E-state index contributed by atoms with van der Waals surface area (Å²) in [7, 11) is 0. The summed E-state index contributed by atoms with van der Waals surface area (Å²) in [5.41, 5.74) is 7.43. The molecule has 2 aromatic heterocycles. The Morgan fingerprint density at radius 1 is 1.18 bits per heavy atom. The van der Waals surface area contributed by atoms with Crippen molar-refractivity contribution in [3.63, 3.8) is 0 Å². The fraction of sp³-hybridized carbons (Fsp3) is 0.350. The van der Waals surface area contributed by atoms with Crippen LogP contribution in [0.3, 0.4) is 0 Å². The van der Waals surface area contributed by atoms with E-state index in [1.807, 2.05) is 19.1 Å². The molecule has 0 saturated carbocycles. The van der Waals surface area contributed by atoms with Crippen LogP contribution in [0.25, 0.3) is 0 Å². The summed E-state index contributed by atoms with van der Waals surface area (Å²) in [4.78, 5) is 46.5. The molecule has 0 spiro atoms. The summed E-state index contributed by atoms with van der Waals surface area (Å²) in [6.07, 6.45) is 6.15. The second kappa shape index (κ2) is 8.16. The van der Waals surface area contributed by atoms with E-state index in [0.717, 1.165) is 24.1 Å². The molecule has 3 heterocycles. The molecule has 1 aliphatic rings. The van der Waals surface area contributed by atoms with E-state index in [-0.39, 0.29) is 17.3 Å². The Balaban J connectivity index is 1.79. The van der Waals surface area contributed by atoms with E-state index in [1.54, 1.807) is 11.1 Å². The average molecular weight is 381 g/mol. The lowest BCUT2D eigenvalue weighted by atomic mass is 9.90. The summed E-state index contributed by atoms with van der Waals surface area (Å²) in [5.74, 6) is -1.76. The topological polar surface area (TPSA) is 118 Å². The van der Waals surface area contributed by atoms with Crippen LogP contribution in [0, 0.1) is 12.8 Å². The van der Waals surface area contributed by atoms with Crippen molar-refractivity contribution in [2.75, 3.05) is 11.9 Å². The van der Waals surface area contributed by atoms with Crippen molar-refractivity contribution in [3.05, 3.63) is 53.6 Å². The Hall–Kier alpha value is -3.29. The van der Waals surface area contributed by atoms with Gasteiger partial charge in [-0.05, 0) is 43.4 Å². The van der Waals surface area contributed by atoms with Crippen molar-refractivity contribution < 1.29 is 14.4 Å². The summed E-state index contributed by atoms with van der Waals surface area (Å²) in [6, 6.07) is 5.04. The Labute approximate surface area is 163 Å². The van der Waals surface area contributed by atoms with Crippen molar-refractivity contribution in [1.29, 1.82) is 0 Å². The lowest BCUT2D eigenvalue weighted by Gasteiger charge is -2.38. The Bertz CT molecular complexity index is 897. The van der Waals surface area contributed by atoms with Crippen molar-refractivity contribution in [2.45, 2.75) is 32.7 Å². The number of carbonyl (C=O) groups excluding carboxylic acids is 3. The van der Waals surface area contributed by atoms with E-state index >= 15 is 0 Å². The zero-order chi connectivity index (χ0) is 20.3. The van der Waals surface area contributed by atoms with E-state index in [9.17, 15) is 14.4 Å². The first kappa shape index (κ1) is 19.5. The second-order valence-corrected chi connectivity index (χ2v) is 7.17. The van der Waals surface area contributed by atoms with Crippen LogP contribution < -0.4 is 11.1 Å². The molecule has 3 amide bonds. The van der Waals surface area contributed by atoms with Crippen LogP contribution in [-0.4, -0.2) is 39.1 Å². The fourth-order valence-electron chi connectivity index (χ4n) is 3.36. The molecule has 2 aromatic rings. The van der Waals surface area contributed by atoms with Crippen LogP contribution in [0.15, 0.2) is 36.8 Å². The molecule has 1 fully saturated rings. The highest BCUT2D eigenvalue weighted by molar-refractivity contribution is 6.39. The molecular formula is C20H23N5O3. The van der Waals surface area contributed by atoms with E-state index in [4.69, 9.17) is 5.73 Å². The van der Waals surface area contributed by atoms with Gasteiger partial charge in [-0.15, -0.1) is 0 Å². The number of aryl methyl sites for hydroxylation is 1. The van der Waals surface area contributed by atoms with Gasteiger partial charge in [-0.25, -0.2) is 0 Å². The Morgan fingerprint density at radius 2 is 1.96 bits per heavy atom. The number of piperidine rings is 1. The van der Waals surface area contributed by atoms with Crippen LogP contribution in [0.1, 0.15) is 47.4 Å². The molecule has 146 valence electrons. The highest BCUT2D eigenvalue weighted by Crippen LogP contribution is 2.33. The minimum absolute atomic E-state index is 0.153. The van der Waals surface area contributed by atoms with Gasteiger partial charge in [0.1, 0.15) is 0 Å². The highest BCUT2D eigenvalue weighted by Gasteiger charge is 2.34. The van der Waals surface area contributed by atoms with Crippen molar-refractivity contribution in [2.24, 2.45) is 11.7 Å². The predicted octanol–water partition coefficient (Wildman–Crippen LogP) is 1.82. The Kier molecular flexibility index (Phi) is 5.67. The minimum atomic E-state index is -0.775. The number of hydrogen-bond acceptors (Lipinski definition) is 5. The first-order valence-electron chi connectivity index (χ1n) is 9.14. The molecule has 28 heavy (non-hydrogen) atoms. The molecule has 8 nitrogen and oxygen atoms in total. The maximum absolute atomic E-state index is 12.9. The molecule has 2 atom stereocenters. The number of primary amides is 1. The number of amides is 3. The molecule has 0 aromatic carbocycles. The van der Waals surface area contributed by atoms with Gasteiger partial charge in [0.2, 0.25) is 5.91 Å². The molecule has 8 heteroatoms. The minimum Gasteiger partial charge on any atom is -0.366 e. The molecule has 0 aliphatic carbocycles. The molecule has 1 unspecified atom stereocenters.